The SMILES string of the molecule is COCCOCCCC(=O)NC[C@@H](c1ccc(C)cc1)N1CCCC1. The molecule has 1 aliphatic rings. The molecule has 0 bridgehead atoms. The zero-order chi connectivity index (χ0) is 17.9. The summed E-state index contributed by atoms with van der Waals surface area (Å²) in [5, 5.41) is 3.11. The molecule has 1 heterocycles. The molecular weight excluding hydrogens is 316 g/mol. The smallest absolute Gasteiger partial charge is 0.220 e. The van der Waals surface area contributed by atoms with E-state index in [1.54, 1.807) is 7.11 Å². The number of methoxy groups -OCH3 is 1. The maximum Gasteiger partial charge on any atom is 0.220 e. The lowest BCUT2D eigenvalue weighted by Crippen LogP contribution is -2.36. The van der Waals surface area contributed by atoms with Crippen LogP contribution in [0.5, 0.6) is 0 Å². The quantitative estimate of drug-likeness (QED) is 0.625. The van der Waals surface area contributed by atoms with Gasteiger partial charge in [0, 0.05) is 26.7 Å². The number of amides is 1. The Morgan fingerprint density at radius 2 is 1.88 bits per heavy atom. The molecule has 1 aromatic rings. The molecule has 2 rings (SSSR count). The number of likely N-dealkylation sites (tertiary alicyclic amines) is 1. The summed E-state index contributed by atoms with van der Waals surface area (Å²) in [6.07, 6.45) is 3.74. The van der Waals surface area contributed by atoms with E-state index in [1.807, 2.05) is 0 Å². The van der Waals surface area contributed by atoms with Gasteiger partial charge in [-0.25, -0.2) is 0 Å². The summed E-state index contributed by atoms with van der Waals surface area (Å²) >= 11 is 0. The van der Waals surface area contributed by atoms with Crippen molar-refractivity contribution >= 4 is 5.91 Å². The summed E-state index contributed by atoms with van der Waals surface area (Å²) in [6.45, 7) is 6.79. The standard InChI is InChI=1S/C20H32N2O3/c1-17-7-9-18(10-8-17)19(22-11-3-4-12-22)16-21-20(23)6-5-13-25-15-14-24-2/h7-10,19H,3-6,11-16H2,1-2H3,(H,21,23)/t19-/m0/s1. The van der Waals surface area contributed by atoms with E-state index < -0.39 is 0 Å². The number of aryl methyl sites for hydroxylation is 1. The van der Waals surface area contributed by atoms with Crippen LogP contribution in [0.25, 0.3) is 0 Å². The number of benzene rings is 1. The first-order chi connectivity index (χ1) is 12.2. The Hall–Kier alpha value is -1.43. The Bertz CT molecular complexity index is 498. The van der Waals surface area contributed by atoms with Gasteiger partial charge in [-0.2, -0.15) is 0 Å². The summed E-state index contributed by atoms with van der Waals surface area (Å²) < 4.78 is 10.3. The minimum Gasteiger partial charge on any atom is -0.382 e. The monoisotopic (exact) mass is 348 g/mol. The Balaban J connectivity index is 1.77. The number of hydrogen-bond acceptors (Lipinski definition) is 4. The van der Waals surface area contributed by atoms with Crippen LogP contribution in [-0.4, -0.2) is 57.4 Å². The van der Waals surface area contributed by atoms with E-state index in [-0.39, 0.29) is 11.9 Å². The molecule has 1 aliphatic heterocycles. The molecule has 1 aromatic carbocycles. The molecule has 0 aromatic heterocycles. The van der Waals surface area contributed by atoms with Crippen molar-refractivity contribution in [1.82, 2.24) is 10.2 Å². The maximum absolute atomic E-state index is 12.1. The summed E-state index contributed by atoms with van der Waals surface area (Å²) in [4.78, 5) is 14.6. The number of nitrogens with one attached hydrogen (secondary N) is 1. The van der Waals surface area contributed by atoms with Gasteiger partial charge in [-0.05, 0) is 44.8 Å². The summed E-state index contributed by atoms with van der Waals surface area (Å²) in [5.74, 6) is 0.103. The predicted molar refractivity (Wildman–Crippen MR) is 99.7 cm³/mol. The number of ether oxygens (including phenoxy) is 2. The molecule has 0 saturated carbocycles. The largest absolute Gasteiger partial charge is 0.382 e. The molecule has 5 heteroatoms. The first-order valence-corrected chi connectivity index (χ1v) is 9.34. The van der Waals surface area contributed by atoms with Gasteiger partial charge < -0.3 is 14.8 Å². The Kier molecular flexibility index (Phi) is 8.94. The molecule has 0 spiro atoms. The minimum absolute atomic E-state index is 0.103. The zero-order valence-corrected chi connectivity index (χ0v) is 15.6. The Morgan fingerprint density at radius 1 is 1.16 bits per heavy atom. The van der Waals surface area contributed by atoms with E-state index in [2.05, 4.69) is 41.4 Å². The molecule has 0 aliphatic carbocycles. The molecule has 1 fully saturated rings. The van der Waals surface area contributed by atoms with Crippen molar-refractivity contribution in [1.29, 1.82) is 0 Å². The van der Waals surface area contributed by atoms with Gasteiger partial charge in [0.15, 0.2) is 0 Å². The van der Waals surface area contributed by atoms with Crippen LogP contribution < -0.4 is 5.32 Å². The lowest BCUT2D eigenvalue weighted by atomic mass is 10.0. The zero-order valence-electron chi connectivity index (χ0n) is 15.6. The van der Waals surface area contributed by atoms with Gasteiger partial charge in [0.2, 0.25) is 5.91 Å². The van der Waals surface area contributed by atoms with Crippen molar-refractivity contribution in [3.05, 3.63) is 35.4 Å². The normalized spacial score (nSPS) is 16.1. The molecule has 140 valence electrons. The van der Waals surface area contributed by atoms with Crippen LogP contribution in [0.2, 0.25) is 0 Å². The fourth-order valence-corrected chi connectivity index (χ4v) is 3.18. The van der Waals surface area contributed by atoms with Crippen molar-refractivity contribution < 1.29 is 14.3 Å². The van der Waals surface area contributed by atoms with Crippen molar-refractivity contribution in [3.63, 3.8) is 0 Å². The topological polar surface area (TPSA) is 50.8 Å². The van der Waals surface area contributed by atoms with E-state index >= 15 is 0 Å². The van der Waals surface area contributed by atoms with E-state index in [9.17, 15) is 4.79 Å². The molecule has 25 heavy (non-hydrogen) atoms. The van der Waals surface area contributed by atoms with Crippen molar-refractivity contribution in [2.24, 2.45) is 0 Å². The first-order valence-electron chi connectivity index (χ1n) is 9.34. The van der Waals surface area contributed by atoms with Crippen LogP contribution in [0.4, 0.5) is 0 Å². The van der Waals surface area contributed by atoms with Crippen LogP contribution in [0.1, 0.15) is 42.9 Å². The molecule has 0 radical (unpaired) electrons. The third-order valence-corrected chi connectivity index (χ3v) is 4.66. The number of carbonyl (C=O) groups excluding carboxylic acids is 1. The van der Waals surface area contributed by atoms with Crippen LogP contribution >= 0.6 is 0 Å². The van der Waals surface area contributed by atoms with Gasteiger partial charge >= 0.3 is 0 Å². The van der Waals surface area contributed by atoms with E-state index in [1.165, 1.54) is 24.0 Å². The lowest BCUT2D eigenvalue weighted by molar-refractivity contribution is -0.121. The third kappa shape index (κ3) is 7.14. The average Bonchev–Trinajstić information content (AvgIpc) is 3.14. The van der Waals surface area contributed by atoms with Crippen LogP contribution in [0, 0.1) is 6.92 Å². The highest BCUT2D eigenvalue weighted by Crippen LogP contribution is 2.24. The third-order valence-electron chi connectivity index (χ3n) is 4.66. The van der Waals surface area contributed by atoms with Crippen LogP contribution in [-0.2, 0) is 14.3 Å². The molecule has 5 nitrogen and oxygen atoms in total. The average molecular weight is 348 g/mol. The highest BCUT2D eigenvalue weighted by Gasteiger charge is 2.23. The van der Waals surface area contributed by atoms with Gasteiger partial charge in [-0.3, -0.25) is 9.69 Å². The molecule has 1 amide bonds. The lowest BCUT2D eigenvalue weighted by Gasteiger charge is -2.28. The van der Waals surface area contributed by atoms with Crippen molar-refractivity contribution in [3.8, 4) is 0 Å². The number of rotatable bonds is 11. The van der Waals surface area contributed by atoms with Gasteiger partial charge in [-0.15, -0.1) is 0 Å². The van der Waals surface area contributed by atoms with Gasteiger partial charge in [0.25, 0.3) is 0 Å². The Labute approximate surface area is 151 Å². The van der Waals surface area contributed by atoms with Gasteiger partial charge in [0.05, 0.1) is 19.3 Å². The van der Waals surface area contributed by atoms with E-state index in [4.69, 9.17) is 9.47 Å². The number of carbonyl (C=O) groups is 1. The van der Waals surface area contributed by atoms with E-state index in [0.29, 0.717) is 32.8 Å². The Morgan fingerprint density at radius 3 is 2.56 bits per heavy atom. The van der Waals surface area contributed by atoms with Crippen LogP contribution in [0.3, 0.4) is 0 Å². The van der Waals surface area contributed by atoms with Crippen molar-refractivity contribution in [2.45, 2.75) is 38.6 Å². The fourth-order valence-electron chi connectivity index (χ4n) is 3.18. The molecular formula is C20H32N2O3. The summed E-state index contributed by atoms with van der Waals surface area (Å²) in [5.41, 5.74) is 2.55. The molecule has 1 saturated heterocycles. The highest BCUT2D eigenvalue weighted by molar-refractivity contribution is 5.75. The second kappa shape index (κ2) is 11.2. The van der Waals surface area contributed by atoms with Gasteiger partial charge in [0.1, 0.15) is 0 Å². The first kappa shape index (κ1) is 19.9. The number of hydrogen-bond donors (Lipinski definition) is 1. The summed E-state index contributed by atoms with van der Waals surface area (Å²) in [7, 11) is 1.65. The van der Waals surface area contributed by atoms with Gasteiger partial charge in [-0.1, -0.05) is 29.8 Å². The molecule has 0 unspecified atom stereocenters. The maximum atomic E-state index is 12.1. The molecule has 1 atom stereocenters. The summed E-state index contributed by atoms with van der Waals surface area (Å²) in [6, 6.07) is 8.95. The van der Waals surface area contributed by atoms with E-state index in [0.717, 1.165) is 19.5 Å². The molecule has 1 N–H and O–H groups in total. The fraction of sp³-hybridized carbons (Fsp3) is 0.650. The highest BCUT2D eigenvalue weighted by atomic mass is 16.5. The number of nitrogens with zero attached hydrogens (tertiary/aromatic N) is 1. The minimum atomic E-state index is 0.103. The predicted octanol–water partition coefficient (Wildman–Crippen LogP) is 2.69. The second-order valence-electron chi connectivity index (χ2n) is 6.68. The van der Waals surface area contributed by atoms with Crippen molar-refractivity contribution in [2.75, 3.05) is 46.6 Å². The second-order valence-corrected chi connectivity index (χ2v) is 6.68. The van der Waals surface area contributed by atoms with Crippen LogP contribution in [0.15, 0.2) is 24.3 Å².